The van der Waals surface area contributed by atoms with Crippen molar-refractivity contribution in [2.24, 2.45) is 11.8 Å². The Balaban J connectivity index is 2.02. The Morgan fingerprint density at radius 1 is 1.30 bits per heavy atom. The van der Waals surface area contributed by atoms with E-state index in [9.17, 15) is 23.5 Å². The average molecular weight is 326 g/mol. The first-order chi connectivity index (χ1) is 10.8. The van der Waals surface area contributed by atoms with E-state index in [1.54, 1.807) is 0 Å². The van der Waals surface area contributed by atoms with Crippen molar-refractivity contribution < 1.29 is 23.5 Å². The van der Waals surface area contributed by atoms with Crippen molar-refractivity contribution in [3.05, 3.63) is 35.4 Å². The Labute approximate surface area is 133 Å². The van der Waals surface area contributed by atoms with Crippen LogP contribution in [0.3, 0.4) is 0 Å². The summed E-state index contributed by atoms with van der Waals surface area (Å²) in [6, 6.07) is 3.26. The number of nitrogens with one attached hydrogen (secondary N) is 1. The van der Waals surface area contributed by atoms with Crippen LogP contribution in [-0.2, 0) is 16.1 Å². The number of nitrogens with zero attached hydrogens (tertiary/aromatic N) is 1. The molecule has 2 rings (SSSR count). The monoisotopic (exact) mass is 326 g/mol. The maximum absolute atomic E-state index is 13.6. The molecule has 1 heterocycles. The molecule has 0 saturated carbocycles. The van der Waals surface area contributed by atoms with E-state index in [0.29, 0.717) is 13.1 Å². The van der Waals surface area contributed by atoms with Gasteiger partial charge in [-0.15, -0.1) is 0 Å². The second kappa shape index (κ2) is 7.04. The van der Waals surface area contributed by atoms with Crippen LogP contribution in [0.2, 0.25) is 0 Å². The van der Waals surface area contributed by atoms with E-state index in [1.165, 1.54) is 6.07 Å². The number of carbonyl (C=O) groups is 2. The summed E-state index contributed by atoms with van der Waals surface area (Å²) in [4.78, 5) is 25.6. The summed E-state index contributed by atoms with van der Waals surface area (Å²) >= 11 is 0. The summed E-state index contributed by atoms with van der Waals surface area (Å²) in [5, 5.41) is 11.8. The second-order valence-electron chi connectivity index (χ2n) is 6.05. The topological polar surface area (TPSA) is 69.6 Å². The molecule has 0 spiro atoms. The van der Waals surface area contributed by atoms with Crippen molar-refractivity contribution >= 4 is 11.9 Å². The minimum atomic E-state index is -1.01. The Kier molecular flexibility index (Phi) is 5.30. The first-order valence-corrected chi connectivity index (χ1v) is 7.48. The van der Waals surface area contributed by atoms with E-state index >= 15 is 0 Å². The molecule has 23 heavy (non-hydrogen) atoms. The van der Waals surface area contributed by atoms with Crippen LogP contribution >= 0.6 is 0 Å². The molecule has 7 heteroatoms. The number of amides is 1. The van der Waals surface area contributed by atoms with Crippen molar-refractivity contribution in [2.45, 2.75) is 26.4 Å². The second-order valence-corrected chi connectivity index (χ2v) is 6.05. The highest BCUT2D eigenvalue weighted by Gasteiger charge is 2.42. The molecule has 1 aliphatic heterocycles. The van der Waals surface area contributed by atoms with E-state index in [1.807, 2.05) is 18.7 Å². The van der Waals surface area contributed by atoms with Crippen LogP contribution in [-0.4, -0.2) is 41.0 Å². The molecule has 0 radical (unpaired) electrons. The molecular formula is C16H20F2N2O3. The van der Waals surface area contributed by atoms with E-state index in [2.05, 4.69) is 5.32 Å². The molecule has 2 N–H and O–H groups in total. The van der Waals surface area contributed by atoms with Gasteiger partial charge >= 0.3 is 5.97 Å². The van der Waals surface area contributed by atoms with Crippen molar-refractivity contribution in [2.75, 3.05) is 13.1 Å². The van der Waals surface area contributed by atoms with Crippen LogP contribution in [0.1, 0.15) is 19.4 Å². The molecular weight excluding hydrogens is 306 g/mol. The van der Waals surface area contributed by atoms with Crippen molar-refractivity contribution in [1.82, 2.24) is 10.2 Å². The van der Waals surface area contributed by atoms with Gasteiger partial charge in [-0.1, -0.05) is 6.07 Å². The quantitative estimate of drug-likeness (QED) is 0.863. The zero-order valence-electron chi connectivity index (χ0n) is 13.1. The highest BCUT2D eigenvalue weighted by atomic mass is 19.1. The smallest absolute Gasteiger partial charge is 0.308 e. The Morgan fingerprint density at radius 2 is 1.96 bits per heavy atom. The van der Waals surface area contributed by atoms with Gasteiger partial charge in [0.15, 0.2) is 0 Å². The van der Waals surface area contributed by atoms with Gasteiger partial charge in [0.2, 0.25) is 5.91 Å². The number of carboxylic acid groups (broad SMARTS) is 1. The molecule has 0 aliphatic carbocycles. The predicted octanol–water partition coefficient (Wildman–Crippen LogP) is 1.62. The molecule has 1 amide bonds. The summed E-state index contributed by atoms with van der Waals surface area (Å²) in [6.07, 6.45) is 0. The van der Waals surface area contributed by atoms with Gasteiger partial charge in [0.1, 0.15) is 11.6 Å². The number of hydrogen-bond acceptors (Lipinski definition) is 3. The number of carboxylic acids is 1. The SMILES string of the molecule is CC(C)N1C[C@H](C(=O)NCc2ccc(F)cc2F)[C@H](C(=O)O)C1. The number of halogens is 2. The van der Waals surface area contributed by atoms with E-state index in [0.717, 1.165) is 12.1 Å². The maximum atomic E-state index is 13.6. The summed E-state index contributed by atoms with van der Waals surface area (Å²) in [5.41, 5.74) is 0.158. The van der Waals surface area contributed by atoms with Gasteiger partial charge in [0.25, 0.3) is 0 Å². The average Bonchev–Trinajstić information content (AvgIpc) is 2.91. The third-order valence-corrected chi connectivity index (χ3v) is 4.20. The third kappa shape index (κ3) is 4.04. The largest absolute Gasteiger partial charge is 0.481 e. The molecule has 1 saturated heterocycles. The van der Waals surface area contributed by atoms with Gasteiger partial charge in [0, 0.05) is 37.3 Å². The standard InChI is InChI=1S/C16H20F2N2O3/c1-9(2)20-7-12(13(8-20)16(22)23)15(21)19-6-10-3-4-11(17)5-14(10)18/h3-5,9,12-13H,6-8H2,1-2H3,(H,19,21)(H,22,23)/t12-,13+/m0/s1. The Bertz CT molecular complexity index is 607. The lowest BCUT2D eigenvalue weighted by Gasteiger charge is -2.19. The number of hydrogen-bond donors (Lipinski definition) is 2. The van der Waals surface area contributed by atoms with Crippen LogP contribution in [0.5, 0.6) is 0 Å². The number of likely N-dealkylation sites (tertiary alicyclic amines) is 1. The zero-order chi connectivity index (χ0) is 17.1. The normalized spacial score (nSPS) is 21.6. The Hall–Kier alpha value is -2.02. The minimum absolute atomic E-state index is 0.102. The zero-order valence-corrected chi connectivity index (χ0v) is 13.1. The molecule has 2 atom stereocenters. The third-order valence-electron chi connectivity index (χ3n) is 4.20. The lowest BCUT2D eigenvalue weighted by molar-refractivity contribution is -0.145. The fourth-order valence-electron chi connectivity index (χ4n) is 2.75. The van der Waals surface area contributed by atoms with E-state index in [-0.39, 0.29) is 18.2 Å². The summed E-state index contributed by atoms with van der Waals surface area (Å²) < 4.78 is 26.4. The number of aliphatic carboxylic acids is 1. The van der Waals surface area contributed by atoms with Gasteiger partial charge in [-0.05, 0) is 19.9 Å². The highest BCUT2D eigenvalue weighted by Crippen LogP contribution is 2.25. The van der Waals surface area contributed by atoms with Gasteiger partial charge in [0.05, 0.1) is 11.8 Å². The van der Waals surface area contributed by atoms with E-state index in [4.69, 9.17) is 0 Å². The highest BCUT2D eigenvalue weighted by molar-refractivity contribution is 5.85. The molecule has 0 unspecified atom stereocenters. The van der Waals surface area contributed by atoms with Gasteiger partial charge in [-0.25, -0.2) is 8.78 Å². The molecule has 1 aromatic rings. The molecule has 126 valence electrons. The number of benzene rings is 1. The van der Waals surface area contributed by atoms with E-state index < -0.39 is 35.3 Å². The van der Waals surface area contributed by atoms with Crippen LogP contribution in [0, 0.1) is 23.5 Å². The lowest BCUT2D eigenvalue weighted by Crippen LogP contribution is -2.37. The number of carbonyl (C=O) groups excluding carboxylic acids is 1. The minimum Gasteiger partial charge on any atom is -0.481 e. The molecule has 1 fully saturated rings. The van der Waals surface area contributed by atoms with Crippen LogP contribution < -0.4 is 5.32 Å². The molecule has 1 aromatic carbocycles. The summed E-state index contributed by atoms with van der Waals surface area (Å²) in [7, 11) is 0. The van der Waals surface area contributed by atoms with Crippen LogP contribution in [0.25, 0.3) is 0 Å². The van der Waals surface area contributed by atoms with Crippen molar-refractivity contribution in [3.8, 4) is 0 Å². The van der Waals surface area contributed by atoms with Crippen molar-refractivity contribution in [3.63, 3.8) is 0 Å². The molecule has 0 aromatic heterocycles. The maximum Gasteiger partial charge on any atom is 0.308 e. The van der Waals surface area contributed by atoms with Crippen LogP contribution in [0.15, 0.2) is 18.2 Å². The predicted molar refractivity (Wildman–Crippen MR) is 79.5 cm³/mol. The fourth-order valence-corrected chi connectivity index (χ4v) is 2.75. The van der Waals surface area contributed by atoms with Crippen LogP contribution in [0.4, 0.5) is 8.78 Å². The van der Waals surface area contributed by atoms with Gasteiger partial charge in [-0.2, -0.15) is 0 Å². The number of rotatable bonds is 5. The summed E-state index contributed by atoms with van der Waals surface area (Å²) in [6.45, 7) is 4.44. The lowest BCUT2D eigenvalue weighted by atomic mass is 9.95. The molecule has 5 nitrogen and oxygen atoms in total. The summed E-state index contributed by atoms with van der Waals surface area (Å²) in [5.74, 6) is -4.33. The van der Waals surface area contributed by atoms with Crippen molar-refractivity contribution in [1.29, 1.82) is 0 Å². The van der Waals surface area contributed by atoms with Gasteiger partial charge in [-0.3, -0.25) is 14.5 Å². The molecule has 1 aliphatic rings. The Morgan fingerprint density at radius 3 is 2.52 bits per heavy atom. The van der Waals surface area contributed by atoms with Gasteiger partial charge < -0.3 is 10.4 Å². The molecule has 0 bridgehead atoms. The first kappa shape index (κ1) is 17.3. The first-order valence-electron chi connectivity index (χ1n) is 7.48. The fraction of sp³-hybridized carbons (Fsp3) is 0.500.